The zero-order chi connectivity index (χ0) is 16.3. The van der Waals surface area contributed by atoms with Crippen molar-refractivity contribution in [2.45, 2.75) is 4.90 Å². The Bertz CT molecular complexity index is 787. The monoisotopic (exact) mass is 430 g/mol. The molecule has 22 heavy (non-hydrogen) atoms. The molecular formula is C15H15IN2O3S. The minimum absolute atomic E-state index is 0.156. The SMILES string of the molecule is CN(C)S(=O)(=O)c1ccc(C(=O)Nc2cccc(I)c2)cc1. The molecule has 0 aliphatic heterocycles. The molecule has 1 amide bonds. The normalized spacial score (nSPS) is 11.5. The Morgan fingerprint density at radius 1 is 1.09 bits per heavy atom. The topological polar surface area (TPSA) is 66.5 Å². The van der Waals surface area contributed by atoms with Crippen molar-refractivity contribution >= 4 is 44.2 Å². The lowest BCUT2D eigenvalue weighted by molar-refractivity contribution is 0.102. The summed E-state index contributed by atoms with van der Waals surface area (Å²) in [5, 5.41) is 2.78. The van der Waals surface area contributed by atoms with E-state index in [1.807, 2.05) is 18.2 Å². The minimum Gasteiger partial charge on any atom is -0.322 e. The molecule has 7 heteroatoms. The summed E-state index contributed by atoms with van der Waals surface area (Å²) >= 11 is 2.16. The van der Waals surface area contributed by atoms with Gasteiger partial charge in [-0.3, -0.25) is 4.79 Å². The number of anilines is 1. The highest BCUT2D eigenvalue weighted by Crippen LogP contribution is 2.16. The molecule has 2 aromatic carbocycles. The van der Waals surface area contributed by atoms with Gasteiger partial charge in [0.2, 0.25) is 10.0 Å². The fourth-order valence-corrected chi connectivity index (χ4v) is 3.20. The molecule has 0 spiro atoms. The van der Waals surface area contributed by atoms with E-state index in [-0.39, 0.29) is 10.8 Å². The molecule has 0 heterocycles. The Hall–Kier alpha value is -1.45. The molecular weight excluding hydrogens is 415 g/mol. The van der Waals surface area contributed by atoms with Gasteiger partial charge in [-0.1, -0.05) is 6.07 Å². The Labute approximate surface area is 143 Å². The smallest absolute Gasteiger partial charge is 0.255 e. The molecule has 0 saturated heterocycles. The number of rotatable bonds is 4. The van der Waals surface area contributed by atoms with E-state index in [2.05, 4.69) is 27.9 Å². The molecule has 0 fully saturated rings. The second-order valence-electron chi connectivity index (χ2n) is 4.78. The van der Waals surface area contributed by atoms with Crippen LogP contribution in [0.4, 0.5) is 5.69 Å². The van der Waals surface area contributed by atoms with Gasteiger partial charge < -0.3 is 5.32 Å². The van der Waals surface area contributed by atoms with Crippen molar-refractivity contribution in [2.75, 3.05) is 19.4 Å². The number of hydrogen-bond acceptors (Lipinski definition) is 3. The van der Waals surface area contributed by atoms with E-state index in [1.54, 1.807) is 6.07 Å². The second-order valence-corrected chi connectivity index (χ2v) is 8.17. The average Bonchev–Trinajstić information content (AvgIpc) is 2.47. The zero-order valence-electron chi connectivity index (χ0n) is 12.1. The Morgan fingerprint density at radius 2 is 1.73 bits per heavy atom. The maximum absolute atomic E-state index is 12.1. The first-order chi connectivity index (χ1) is 10.3. The van der Waals surface area contributed by atoms with Gasteiger partial charge >= 0.3 is 0 Å². The lowest BCUT2D eigenvalue weighted by Crippen LogP contribution is -2.22. The summed E-state index contributed by atoms with van der Waals surface area (Å²) in [7, 11) is -0.553. The third kappa shape index (κ3) is 3.84. The predicted octanol–water partition coefficient (Wildman–Crippen LogP) is 2.79. The van der Waals surface area contributed by atoms with Crippen LogP contribution in [0.2, 0.25) is 0 Å². The molecule has 1 N–H and O–H groups in total. The fraction of sp³-hybridized carbons (Fsp3) is 0.133. The standard InChI is InChI=1S/C15H15IN2O3S/c1-18(2)22(20,21)14-8-6-11(7-9-14)15(19)17-13-5-3-4-12(16)10-13/h3-10H,1-2H3,(H,17,19). The van der Waals surface area contributed by atoms with Gasteiger partial charge in [0, 0.05) is 28.9 Å². The molecule has 0 atom stereocenters. The summed E-state index contributed by atoms with van der Waals surface area (Å²) in [6.45, 7) is 0. The highest BCUT2D eigenvalue weighted by Gasteiger charge is 2.17. The van der Waals surface area contributed by atoms with Gasteiger partial charge in [0.25, 0.3) is 5.91 Å². The van der Waals surface area contributed by atoms with Crippen molar-refractivity contribution in [3.8, 4) is 0 Å². The first kappa shape index (κ1) is 16.9. The number of carbonyl (C=O) groups excluding carboxylic acids is 1. The van der Waals surface area contributed by atoms with Crippen LogP contribution in [-0.2, 0) is 10.0 Å². The van der Waals surface area contributed by atoms with Crippen molar-refractivity contribution < 1.29 is 13.2 Å². The summed E-state index contributed by atoms with van der Waals surface area (Å²) in [6, 6.07) is 13.3. The molecule has 0 aliphatic carbocycles. The van der Waals surface area contributed by atoms with Crippen LogP contribution in [0.1, 0.15) is 10.4 Å². The number of amides is 1. The van der Waals surface area contributed by atoms with Gasteiger partial charge in [-0.05, 0) is 65.1 Å². The number of nitrogens with zero attached hydrogens (tertiary/aromatic N) is 1. The van der Waals surface area contributed by atoms with Crippen molar-refractivity contribution in [1.29, 1.82) is 0 Å². The van der Waals surface area contributed by atoms with E-state index in [9.17, 15) is 13.2 Å². The number of halogens is 1. The Balaban J connectivity index is 2.19. The first-order valence-electron chi connectivity index (χ1n) is 6.40. The molecule has 0 bridgehead atoms. The predicted molar refractivity (Wildman–Crippen MR) is 94.4 cm³/mol. The number of sulfonamides is 1. The van der Waals surface area contributed by atoms with Gasteiger partial charge in [0.15, 0.2) is 0 Å². The minimum atomic E-state index is -3.48. The average molecular weight is 430 g/mol. The van der Waals surface area contributed by atoms with Crippen LogP contribution < -0.4 is 5.32 Å². The van der Waals surface area contributed by atoms with Crippen LogP contribution in [-0.4, -0.2) is 32.7 Å². The molecule has 116 valence electrons. The van der Waals surface area contributed by atoms with Crippen LogP contribution in [0.3, 0.4) is 0 Å². The van der Waals surface area contributed by atoms with Gasteiger partial charge in [-0.2, -0.15) is 0 Å². The van der Waals surface area contributed by atoms with Crippen LogP contribution in [0.15, 0.2) is 53.4 Å². The summed E-state index contributed by atoms with van der Waals surface area (Å²) in [5.41, 5.74) is 1.10. The molecule has 2 aromatic rings. The summed E-state index contributed by atoms with van der Waals surface area (Å²) < 4.78 is 26.1. The molecule has 0 aromatic heterocycles. The van der Waals surface area contributed by atoms with E-state index in [1.165, 1.54) is 38.4 Å². The van der Waals surface area contributed by atoms with Crippen LogP contribution in [0, 0.1) is 3.57 Å². The maximum Gasteiger partial charge on any atom is 0.255 e. The van der Waals surface area contributed by atoms with Gasteiger partial charge in [-0.15, -0.1) is 0 Å². The highest BCUT2D eigenvalue weighted by molar-refractivity contribution is 14.1. The van der Waals surface area contributed by atoms with Gasteiger partial charge in [0.05, 0.1) is 4.90 Å². The largest absolute Gasteiger partial charge is 0.322 e. The molecule has 0 aliphatic rings. The van der Waals surface area contributed by atoms with E-state index < -0.39 is 10.0 Å². The van der Waals surface area contributed by atoms with E-state index in [0.717, 1.165) is 7.88 Å². The third-order valence-corrected chi connectivity index (χ3v) is 5.48. The van der Waals surface area contributed by atoms with Crippen molar-refractivity contribution in [2.24, 2.45) is 0 Å². The zero-order valence-corrected chi connectivity index (χ0v) is 15.1. The van der Waals surface area contributed by atoms with Crippen molar-refractivity contribution in [3.05, 3.63) is 57.7 Å². The first-order valence-corrected chi connectivity index (χ1v) is 8.92. The van der Waals surface area contributed by atoms with Crippen LogP contribution >= 0.6 is 22.6 Å². The van der Waals surface area contributed by atoms with E-state index in [4.69, 9.17) is 0 Å². The van der Waals surface area contributed by atoms with Crippen LogP contribution in [0.25, 0.3) is 0 Å². The Kier molecular flexibility index (Phi) is 5.20. The van der Waals surface area contributed by atoms with Gasteiger partial charge in [0.1, 0.15) is 0 Å². The number of carbonyl (C=O) groups is 1. The fourth-order valence-electron chi connectivity index (χ4n) is 1.76. The van der Waals surface area contributed by atoms with Crippen molar-refractivity contribution in [3.63, 3.8) is 0 Å². The van der Waals surface area contributed by atoms with Crippen molar-refractivity contribution in [1.82, 2.24) is 4.31 Å². The van der Waals surface area contributed by atoms with Gasteiger partial charge in [-0.25, -0.2) is 12.7 Å². The number of benzene rings is 2. The molecule has 0 saturated carbocycles. The summed E-state index contributed by atoms with van der Waals surface area (Å²) in [4.78, 5) is 12.3. The summed E-state index contributed by atoms with van der Waals surface area (Å²) in [6.07, 6.45) is 0. The lowest BCUT2D eigenvalue weighted by Gasteiger charge is -2.11. The number of nitrogens with one attached hydrogen (secondary N) is 1. The molecule has 0 unspecified atom stereocenters. The van der Waals surface area contributed by atoms with Crippen LogP contribution in [0.5, 0.6) is 0 Å². The lowest BCUT2D eigenvalue weighted by atomic mass is 10.2. The molecule has 5 nitrogen and oxygen atoms in total. The second kappa shape index (κ2) is 6.76. The molecule has 0 radical (unpaired) electrons. The third-order valence-electron chi connectivity index (χ3n) is 2.98. The number of hydrogen-bond donors (Lipinski definition) is 1. The van der Waals surface area contributed by atoms with E-state index >= 15 is 0 Å². The molecule has 2 rings (SSSR count). The van der Waals surface area contributed by atoms with E-state index in [0.29, 0.717) is 11.3 Å². The maximum atomic E-state index is 12.1. The highest BCUT2D eigenvalue weighted by atomic mass is 127. The summed E-state index contributed by atoms with van der Waals surface area (Å²) in [5.74, 6) is -0.282. The Morgan fingerprint density at radius 3 is 2.27 bits per heavy atom. The quantitative estimate of drug-likeness (QED) is 0.759.